The minimum absolute atomic E-state index is 0.153. The standard InChI is InChI=1S/C18H18FIN8O/c1-11-9-29-7-6-26(11)15-8-12(14-3-5-22-27(14)10-20)16-17(19)23-18(28(16)25-15)13-2-4-21-24-13/h2-5,8,11H,6-7,9-10H2,1H3,(H,21,24). The maximum Gasteiger partial charge on any atom is 0.241 e. The van der Waals surface area contributed by atoms with E-state index in [4.69, 9.17) is 9.84 Å². The highest BCUT2D eigenvalue weighted by molar-refractivity contribution is 14.1. The molecule has 0 aliphatic carbocycles. The summed E-state index contributed by atoms with van der Waals surface area (Å²) in [6.07, 6.45) is 3.32. The van der Waals surface area contributed by atoms with Gasteiger partial charge in [0.05, 0.1) is 29.5 Å². The Hall–Kier alpha value is -2.54. The van der Waals surface area contributed by atoms with E-state index in [0.717, 1.165) is 11.5 Å². The van der Waals surface area contributed by atoms with Crippen LogP contribution in [0, 0.1) is 5.95 Å². The molecule has 0 radical (unpaired) electrons. The summed E-state index contributed by atoms with van der Waals surface area (Å²) in [6, 6.07) is 5.69. The number of nitrogens with one attached hydrogen (secondary N) is 1. The van der Waals surface area contributed by atoms with Crippen LogP contribution < -0.4 is 4.90 Å². The van der Waals surface area contributed by atoms with Crippen LogP contribution in [-0.2, 0) is 9.29 Å². The largest absolute Gasteiger partial charge is 0.377 e. The number of aromatic amines is 1. The van der Waals surface area contributed by atoms with Gasteiger partial charge >= 0.3 is 0 Å². The van der Waals surface area contributed by atoms with Crippen molar-refractivity contribution in [1.82, 2.24) is 34.6 Å². The molecule has 1 aliphatic rings. The Morgan fingerprint density at radius 3 is 3.00 bits per heavy atom. The summed E-state index contributed by atoms with van der Waals surface area (Å²) in [4.78, 5) is 6.32. The van der Waals surface area contributed by atoms with E-state index < -0.39 is 5.95 Å². The Bertz CT molecular complexity index is 1150. The van der Waals surface area contributed by atoms with Gasteiger partial charge in [0, 0.05) is 24.5 Å². The second kappa shape index (κ2) is 7.37. The Morgan fingerprint density at radius 2 is 2.24 bits per heavy atom. The number of morpholine rings is 1. The van der Waals surface area contributed by atoms with E-state index in [0.29, 0.717) is 46.9 Å². The molecule has 1 N–H and O–H groups in total. The van der Waals surface area contributed by atoms with Crippen LogP contribution in [0.15, 0.2) is 30.6 Å². The lowest BCUT2D eigenvalue weighted by Crippen LogP contribution is -2.44. The van der Waals surface area contributed by atoms with Crippen molar-refractivity contribution >= 4 is 33.9 Å². The van der Waals surface area contributed by atoms with Crippen LogP contribution in [0.2, 0.25) is 0 Å². The summed E-state index contributed by atoms with van der Waals surface area (Å²) in [6.45, 7) is 4.04. The van der Waals surface area contributed by atoms with E-state index in [1.54, 1.807) is 23.0 Å². The van der Waals surface area contributed by atoms with Crippen molar-refractivity contribution in [3.05, 3.63) is 36.5 Å². The molecule has 4 aromatic rings. The van der Waals surface area contributed by atoms with E-state index in [1.165, 1.54) is 0 Å². The molecule has 5 rings (SSSR count). The molecule has 9 nitrogen and oxygen atoms in total. The zero-order valence-corrected chi connectivity index (χ0v) is 17.7. The number of imidazole rings is 1. The summed E-state index contributed by atoms with van der Waals surface area (Å²) in [7, 11) is 0. The number of rotatable bonds is 4. The van der Waals surface area contributed by atoms with Crippen molar-refractivity contribution in [2.45, 2.75) is 17.5 Å². The van der Waals surface area contributed by atoms with Crippen molar-refractivity contribution in [3.63, 3.8) is 0 Å². The number of anilines is 1. The lowest BCUT2D eigenvalue weighted by atomic mass is 10.1. The first-order valence-corrected chi connectivity index (χ1v) is 10.7. The average Bonchev–Trinajstić information content (AvgIpc) is 3.48. The summed E-state index contributed by atoms with van der Waals surface area (Å²) < 4.78 is 24.7. The Labute approximate surface area is 179 Å². The summed E-state index contributed by atoms with van der Waals surface area (Å²) in [5, 5.41) is 15.9. The fraction of sp³-hybridized carbons (Fsp3) is 0.333. The van der Waals surface area contributed by atoms with Crippen LogP contribution in [0.1, 0.15) is 6.92 Å². The van der Waals surface area contributed by atoms with Gasteiger partial charge in [-0.1, -0.05) is 22.6 Å². The van der Waals surface area contributed by atoms with Gasteiger partial charge in [0.1, 0.15) is 11.2 Å². The van der Waals surface area contributed by atoms with E-state index in [1.807, 2.05) is 16.8 Å². The van der Waals surface area contributed by atoms with Crippen LogP contribution in [0.25, 0.3) is 28.3 Å². The van der Waals surface area contributed by atoms with E-state index >= 15 is 4.39 Å². The first-order chi connectivity index (χ1) is 14.2. The highest BCUT2D eigenvalue weighted by Gasteiger charge is 2.26. The van der Waals surface area contributed by atoms with Gasteiger partial charge in [-0.2, -0.15) is 19.6 Å². The molecule has 11 heteroatoms. The van der Waals surface area contributed by atoms with Gasteiger partial charge in [-0.3, -0.25) is 9.78 Å². The lowest BCUT2D eigenvalue weighted by molar-refractivity contribution is 0.0984. The molecule has 29 heavy (non-hydrogen) atoms. The number of nitrogens with zero attached hydrogens (tertiary/aromatic N) is 7. The van der Waals surface area contributed by atoms with Crippen LogP contribution >= 0.6 is 22.6 Å². The van der Waals surface area contributed by atoms with Crippen LogP contribution in [0.5, 0.6) is 0 Å². The van der Waals surface area contributed by atoms with Gasteiger partial charge in [0.2, 0.25) is 5.95 Å². The Balaban J connectivity index is 1.80. The number of aromatic nitrogens is 7. The van der Waals surface area contributed by atoms with E-state index in [9.17, 15) is 0 Å². The van der Waals surface area contributed by atoms with Crippen LogP contribution in [0.4, 0.5) is 10.2 Å². The fourth-order valence-corrected chi connectivity index (χ4v) is 4.20. The van der Waals surface area contributed by atoms with Crippen molar-refractivity contribution in [2.24, 2.45) is 0 Å². The molecule has 150 valence electrons. The Morgan fingerprint density at radius 1 is 1.34 bits per heavy atom. The zero-order chi connectivity index (χ0) is 20.0. The molecule has 1 atom stereocenters. The van der Waals surface area contributed by atoms with Crippen LogP contribution in [0.3, 0.4) is 0 Å². The molecule has 1 fully saturated rings. The summed E-state index contributed by atoms with van der Waals surface area (Å²) in [5.41, 5.74) is 2.41. The second-order valence-corrected chi connectivity index (χ2v) is 7.51. The maximum absolute atomic E-state index is 15.1. The predicted molar refractivity (Wildman–Crippen MR) is 113 cm³/mol. The normalized spacial score (nSPS) is 17.3. The zero-order valence-electron chi connectivity index (χ0n) is 15.6. The van der Waals surface area contributed by atoms with E-state index in [-0.39, 0.29) is 6.04 Å². The van der Waals surface area contributed by atoms with Crippen LogP contribution in [-0.4, -0.2) is 60.4 Å². The molecule has 4 aromatic heterocycles. The maximum atomic E-state index is 15.1. The van der Waals surface area contributed by atoms with Gasteiger partial charge in [0.15, 0.2) is 11.6 Å². The molecule has 0 bridgehead atoms. The number of ether oxygens (including phenoxy) is 1. The first kappa shape index (κ1) is 18.5. The SMILES string of the molecule is CC1COCCN1c1cc(-c2ccnn2CI)c2c(F)nc(-c3ccn[nH]3)n2n1. The van der Waals surface area contributed by atoms with Crippen molar-refractivity contribution in [3.8, 4) is 22.8 Å². The summed E-state index contributed by atoms with van der Waals surface area (Å²) in [5.74, 6) is 0.530. The molecule has 1 saturated heterocycles. The number of H-pyrrole nitrogens is 1. The van der Waals surface area contributed by atoms with Gasteiger partial charge in [-0.15, -0.1) is 5.10 Å². The third-order valence-corrected chi connectivity index (χ3v) is 5.70. The van der Waals surface area contributed by atoms with Gasteiger partial charge < -0.3 is 9.64 Å². The molecule has 1 aliphatic heterocycles. The molecule has 0 amide bonds. The minimum Gasteiger partial charge on any atom is -0.377 e. The highest BCUT2D eigenvalue weighted by Crippen LogP contribution is 2.33. The monoisotopic (exact) mass is 508 g/mol. The third kappa shape index (κ3) is 3.08. The fourth-order valence-electron chi connectivity index (χ4n) is 3.65. The van der Waals surface area contributed by atoms with Crippen molar-refractivity contribution in [1.29, 1.82) is 0 Å². The summed E-state index contributed by atoms with van der Waals surface area (Å²) >= 11 is 2.23. The molecule has 1 unspecified atom stereocenters. The quantitative estimate of drug-likeness (QED) is 0.337. The Kier molecular flexibility index (Phi) is 4.70. The van der Waals surface area contributed by atoms with Gasteiger partial charge in [-0.05, 0) is 25.1 Å². The van der Waals surface area contributed by atoms with E-state index in [2.05, 4.69) is 54.7 Å². The molecule has 0 saturated carbocycles. The minimum atomic E-state index is -0.583. The molecule has 0 spiro atoms. The molecule has 5 heterocycles. The average molecular weight is 508 g/mol. The first-order valence-electron chi connectivity index (χ1n) is 9.19. The smallest absolute Gasteiger partial charge is 0.241 e. The van der Waals surface area contributed by atoms with Crippen molar-refractivity contribution in [2.75, 3.05) is 24.7 Å². The van der Waals surface area contributed by atoms with Gasteiger partial charge in [0.25, 0.3) is 0 Å². The predicted octanol–water partition coefficient (Wildman–Crippen LogP) is 2.74. The van der Waals surface area contributed by atoms with Crippen molar-refractivity contribution < 1.29 is 9.13 Å². The van der Waals surface area contributed by atoms with Gasteiger partial charge in [-0.25, -0.2) is 4.52 Å². The number of fused-ring (bicyclic) bond motifs is 1. The second-order valence-electron chi connectivity index (χ2n) is 6.83. The number of halogens is 2. The number of hydrogen-bond donors (Lipinski definition) is 1. The molecule has 0 aromatic carbocycles. The number of hydrogen-bond acceptors (Lipinski definition) is 6. The third-order valence-electron chi connectivity index (χ3n) is 5.05. The number of alkyl halides is 1. The molecular weight excluding hydrogens is 490 g/mol. The topological polar surface area (TPSA) is 89.2 Å². The molecular formula is C18H18FIN8O. The highest BCUT2D eigenvalue weighted by atomic mass is 127. The lowest BCUT2D eigenvalue weighted by Gasteiger charge is -2.34.